The van der Waals surface area contributed by atoms with Crippen molar-refractivity contribution in [1.29, 1.82) is 0 Å². The lowest BCUT2D eigenvalue weighted by Gasteiger charge is -2.05. The predicted octanol–water partition coefficient (Wildman–Crippen LogP) is 1.70. The Balaban J connectivity index is 2.31. The summed E-state index contributed by atoms with van der Waals surface area (Å²) in [6.45, 7) is 0.500. The summed E-state index contributed by atoms with van der Waals surface area (Å²) in [4.78, 5) is 0.196. The molecule has 0 unspecified atom stereocenters. The number of nitrogens with two attached hydrogens (primary N) is 1. The fourth-order valence-corrected chi connectivity index (χ4v) is 1.58. The third kappa shape index (κ3) is 2.43. The molecule has 2 aromatic rings. The molecule has 0 fully saturated rings. The van der Waals surface area contributed by atoms with Crippen LogP contribution in [0.5, 0.6) is 0 Å². The molecule has 0 aliphatic rings. The van der Waals surface area contributed by atoms with Crippen molar-refractivity contribution in [3.63, 3.8) is 0 Å². The van der Waals surface area contributed by atoms with Crippen LogP contribution in [-0.2, 0) is 6.54 Å². The minimum atomic E-state index is -0.340. The maximum Gasteiger partial charge on any atom is 0.124 e. The summed E-state index contributed by atoms with van der Waals surface area (Å²) in [5.41, 5.74) is 6.79. The van der Waals surface area contributed by atoms with Crippen molar-refractivity contribution in [2.24, 2.45) is 5.73 Å². The van der Waals surface area contributed by atoms with Crippen molar-refractivity contribution < 1.29 is 4.39 Å². The van der Waals surface area contributed by atoms with Crippen LogP contribution in [0.25, 0.3) is 0 Å². The SMILES string of the molecule is NC(=S)c1cc(F)cc(Cn2cccn2)c1. The third-order valence-electron chi connectivity index (χ3n) is 2.15. The first-order chi connectivity index (χ1) is 7.65. The van der Waals surface area contributed by atoms with E-state index in [0.29, 0.717) is 12.1 Å². The summed E-state index contributed by atoms with van der Waals surface area (Å²) in [7, 11) is 0. The van der Waals surface area contributed by atoms with E-state index in [1.165, 1.54) is 12.1 Å². The summed E-state index contributed by atoms with van der Waals surface area (Å²) in [5, 5.41) is 4.05. The number of hydrogen-bond acceptors (Lipinski definition) is 2. The summed E-state index contributed by atoms with van der Waals surface area (Å²) >= 11 is 4.82. The molecule has 0 spiro atoms. The van der Waals surface area contributed by atoms with Gasteiger partial charge in [0.1, 0.15) is 10.8 Å². The van der Waals surface area contributed by atoms with Gasteiger partial charge in [-0.1, -0.05) is 12.2 Å². The number of thiocarbonyl (C=S) groups is 1. The number of benzene rings is 1. The fraction of sp³-hybridized carbons (Fsp3) is 0.0909. The molecule has 0 aliphatic heterocycles. The van der Waals surface area contributed by atoms with E-state index in [1.807, 2.05) is 12.3 Å². The van der Waals surface area contributed by atoms with E-state index in [1.54, 1.807) is 16.9 Å². The second-order valence-corrected chi connectivity index (χ2v) is 3.86. The van der Waals surface area contributed by atoms with Crippen LogP contribution >= 0.6 is 12.2 Å². The molecule has 1 aromatic carbocycles. The van der Waals surface area contributed by atoms with Crippen LogP contribution < -0.4 is 5.73 Å². The molecule has 0 amide bonds. The number of rotatable bonds is 3. The molecular weight excluding hydrogens is 225 g/mol. The molecule has 2 rings (SSSR count). The average Bonchev–Trinajstić information content (AvgIpc) is 2.69. The zero-order valence-corrected chi connectivity index (χ0v) is 9.25. The fourth-order valence-electron chi connectivity index (χ4n) is 1.46. The Morgan fingerprint density at radius 3 is 2.88 bits per heavy atom. The molecule has 0 saturated carbocycles. The van der Waals surface area contributed by atoms with Crippen molar-refractivity contribution in [3.05, 3.63) is 53.6 Å². The van der Waals surface area contributed by atoms with E-state index in [2.05, 4.69) is 5.10 Å². The van der Waals surface area contributed by atoms with E-state index in [0.717, 1.165) is 5.56 Å². The Bertz CT molecular complexity index is 508. The molecule has 1 heterocycles. The topological polar surface area (TPSA) is 43.8 Å². The highest BCUT2D eigenvalue weighted by Crippen LogP contribution is 2.10. The summed E-state index contributed by atoms with van der Waals surface area (Å²) in [6, 6.07) is 6.36. The van der Waals surface area contributed by atoms with E-state index < -0.39 is 0 Å². The quantitative estimate of drug-likeness (QED) is 0.824. The normalized spacial score (nSPS) is 10.3. The van der Waals surface area contributed by atoms with Gasteiger partial charge in [-0.3, -0.25) is 4.68 Å². The number of halogens is 1. The predicted molar refractivity (Wildman–Crippen MR) is 63.6 cm³/mol. The first-order valence-corrected chi connectivity index (χ1v) is 5.12. The van der Waals surface area contributed by atoms with Crippen LogP contribution in [0.2, 0.25) is 0 Å². The second-order valence-electron chi connectivity index (χ2n) is 3.42. The standard InChI is InChI=1S/C11H10FN3S/c12-10-5-8(4-9(6-10)11(13)16)7-15-3-1-2-14-15/h1-6H,7H2,(H2,13,16). The zero-order chi connectivity index (χ0) is 11.5. The van der Waals surface area contributed by atoms with Gasteiger partial charge in [-0.05, 0) is 29.8 Å². The lowest BCUT2D eigenvalue weighted by atomic mass is 10.1. The van der Waals surface area contributed by atoms with Crippen molar-refractivity contribution >= 4 is 17.2 Å². The van der Waals surface area contributed by atoms with Gasteiger partial charge >= 0.3 is 0 Å². The van der Waals surface area contributed by atoms with Gasteiger partial charge in [0.05, 0.1) is 6.54 Å². The molecule has 0 saturated heterocycles. The molecule has 0 atom stereocenters. The number of hydrogen-bond donors (Lipinski definition) is 1. The molecule has 0 radical (unpaired) electrons. The van der Waals surface area contributed by atoms with Crippen molar-refractivity contribution in [1.82, 2.24) is 9.78 Å². The molecule has 5 heteroatoms. The molecule has 0 bridgehead atoms. The maximum atomic E-state index is 13.3. The third-order valence-corrected chi connectivity index (χ3v) is 2.38. The van der Waals surface area contributed by atoms with Gasteiger partial charge < -0.3 is 5.73 Å². The molecule has 0 aliphatic carbocycles. The smallest absolute Gasteiger partial charge is 0.124 e. The average molecular weight is 235 g/mol. The van der Waals surface area contributed by atoms with Crippen molar-refractivity contribution in [2.45, 2.75) is 6.54 Å². The van der Waals surface area contributed by atoms with Crippen LogP contribution in [0.3, 0.4) is 0 Å². The molecule has 16 heavy (non-hydrogen) atoms. The van der Waals surface area contributed by atoms with Crippen molar-refractivity contribution in [2.75, 3.05) is 0 Å². The van der Waals surface area contributed by atoms with Gasteiger partial charge in [-0.2, -0.15) is 5.10 Å². The van der Waals surface area contributed by atoms with E-state index in [9.17, 15) is 4.39 Å². The van der Waals surface area contributed by atoms with Crippen LogP contribution in [-0.4, -0.2) is 14.8 Å². The van der Waals surface area contributed by atoms with Gasteiger partial charge in [0.2, 0.25) is 0 Å². The molecule has 1 aromatic heterocycles. The van der Waals surface area contributed by atoms with Crippen LogP contribution in [0.15, 0.2) is 36.7 Å². The Labute approximate surface area is 97.7 Å². The number of nitrogens with zero attached hydrogens (tertiary/aromatic N) is 2. The lowest BCUT2D eigenvalue weighted by molar-refractivity contribution is 0.619. The molecule has 3 nitrogen and oxygen atoms in total. The Morgan fingerprint density at radius 2 is 2.25 bits per heavy atom. The van der Waals surface area contributed by atoms with Gasteiger partial charge in [0.15, 0.2) is 0 Å². The maximum absolute atomic E-state index is 13.3. The van der Waals surface area contributed by atoms with Gasteiger partial charge in [-0.25, -0.2) is 4.39 Å². The summed E-state index contributed by atoms with van der Waals surface area (Å²) in [6.07, 6.45) is 3.49. The van der Waals surface area contributed by atoms with E-state index in [4.69, 9.17) is 18.0 Å². The Morgan fingerprint density at radius 1 is 1.44 bits per heavy atom. The van der Waals surface area contributed by atoms with Gasteiger partial charge in [0, 0.05) is 18.0 Å². The minimum Gasteiger partial charge on any atom is -0.389 e. The van der Waals surface area contributed by atoms with Crippen LogP contribution in [0.1, 0.15) is 11.1 Å². The monoisotopic (exact) mass is 235 g/mol. The highest BCUT2D eigenvalue weighted by atomic mass is 32.1. The van der Waals surface area contributed by atoms with Crippen LogP contribution in [0.4, 0.5) is 4.39 Å². The van der Waals surface area contributed by atoms with Gasteiger partial charge in [0.25, 0.3) is 0 Å². The minimum absolute atomic E-state index is 0.196. The van der Waals surface area contributed by atoms with Crippen molar-refractivity contribution in [3.8, 4) is 0 Å². The lowest BCUT2D eigenvalue weighted by Crippen LogP contribution is -2.11. The van der Waals surface area contributed by atoms with Crippen LogP contribution in [0, 0.1) is 5.82 Å². The Kier molecular flexibility index (Phi) is 2.96. The molecule has 82 valence electrons. The largest absolute Gasteiger partial charge is 0.389 e. The Hall–Kier alpha value is -1.75. The second kappa shape index (κ2) is 4.40. The molecular formula is C11H10FN3S. The highest BCUT2D eigenvalue weighted by molar-refractivity contribution is 7.80. The summed E-state index contributed by atoms with van der Waals surface area (Å²) in [5.74, 6) is -0.340. The van der Waals surface area contributed by atoms with Gasteiger partial charge in [-0.15, -0.1) is 0 Å². The first-order valence-electron chi connectivity index (χ1n) is 4.72. The first kappa shape index (κ1) is 10.8. The van der Waals surface area contributed by atoms with E-state index in [-0.39, 0.29) is 10.8 Å². The molecule has 2 N–H and O–H groups in total. The highest BCUT2D eigenvalue weighted by Gasteiger charge is 2.03. The zero-order valence-electron chi connectivity index (χ0n) is 8.43. The number of aromatic nitrogens is 2. The van der Waals surface area contributed by atoms with E-state index >= 15 is 0 Å². The summed E-state index contributed by atoms with van der Waals surface area (Å²) < 4.78 is 15.0.